The van der Waals surface area contributed by atoms with Gasteiger partial charge in [-0.3, -0.25) is 4.79 Å². The lowest BCUT2D eigenvalue weighted by atomic mass is 10.1. The molecular weight excluding hydrogens is 367 g/mol. The summed E-state index contributed by atoms with van der Waals surface area (Å²) >= 11 is 0. The van der Waals surface area contributed by atoms with Crippen molar-refractivity contribution in [2.75, 3.05) is 7.05 Å². The average molecular weight is 388 g/mol. The van der Waals surface area contributed by atoms with Gasteiger partial charge in [0.05, 0.1) is 11.4 Å². The molecule has 0 atom stereocenters. The Labute approximate surface area is 168 Å². The number of nitrogens with zero attached hydrogens (tertiary/aromatic N) is 4. The number of carbonyl (C=O) groups excluding carboxylic acids is 1. The Morgan fingerprint density at radius 1 is 1.00 bits per heavy atom. The summed E-state index contributed by atoms with van der Waals surface area (Å²) < 4.78 is 16.9. The minimum atomic E-state index is -0.320. The normalized spacial score (nSPS) is 10.9. The van der Waals surface area contributed by atoms with E-state index in [1.54, 1.807) is 28.8 Å². The van der Waals surface area contributed by atoms with Crippen molar-refractivity contribution in [3.05, 3.63) is 102 Å². The van der Waals surface area contributed by atoms with Crippen LogP contribution in [-0.2, 0) is 6.54 Å². The Morgan fingerprint density at radius 3 is 2.31 bits per heavy atom. The molecule has 0 aliphatic rings. The van der Waals surface area contributed by atoms with E-state index in [-0.39, 0.29) is 11.7 Å². The van der Waals surface area contributed by atoms with E-state index in [0.717, 1.165) is 5.56 Å². The number of carbonyl (C=O) groups is 1. The summed E-state index contributed by atoms with van der Waals surface area (Å²) in [6.07, 6.45) is 3.73. The van der Waals surface area contributed by atoms with Gasteiger partial charge in [-0.1, -0.05) is 30.3 Å². The van der Waals surface area contributed by atoms with Gasteiger partial charge in [-0.2, -0.15) is 5.10 Å². The number of rotatable bonds is 5. The van der Waals surface area contributed by atoms with E-state index in [0.29, 0.717) is 29.3 Å². The van der Waals surface area contributed by atoms with Crippen LogP contribution < -0.4 is 0 Å². The molecule has 0 spiro atoms. The molecule has 6 heteroatoms. The van der Waals surface area contributed by atoms with Crippen molar-refractivity contribution in [3.8, 4) is 11.5 Å². The third kappa shape index (κ3) is 3.69. The number of aryl methyl sites for hydroxylation is 1. The highest BCUT2D eigenvalue weighted by Crippen LogP contribution is 2.25. The lowest BCUT2D eigenvalue weighted by molar-refractivity contribution is 0.0784. The molecule has 0 unspecified atom stereocenters. The smallest absolute Gasteiger partial charge is 0.259 e. The van der Waals surface area contributed by atoms with Crippen LogP contribution in [0.3, 0.4) is 0 Å². The highest BCUT2D eigenvalue weighted by Gasteiger charge is 2.26. The van der Waals surface area contributed by atoms with E-state index in [4.69, 9.17) is 0 Å². The third-order valence-corrected chi connectivity index (χ3v) is 4.78. The Morgan fingerprint density at radius 2 is 1.66 bits per heavy atom. The zero-order chi connectivity index (χ0) is 20.4. The number of halogens is 1. The molecule has 2 aromatic heterocycles. The molecule has 0 bridgehead atoms. The first-order valence-corrected chi connectivity index (χ1v) is 9.33. The van der Waals surface area contributed by atoms with Crippen LogP contribution in [0.4, 0.5) is 4.39 Å². The molecule has 2 aromatic carbocycles. The molecule has 4 aromatic rings. The molecule has 29 heavy (non-hydrogen) atoms. The Balaban J connectivity index is 1.78. The van der Waals surface area contributed by atoms with Gasteiger partial charge in [-0.25, -0.2) is 9.07 Å². The van der Waals surface area contributed by atoms with Crippen molar-refractivity contribution >= 4 is 5.91 Å². The van der Waals surface area contributed by atoms with Crippen LogP contribution in [0, 0.1) is 12.7 Å². The number of hydrogen-bond donors (Lipinski definition) is 0. The molecule has 0 aliphatic heterocycles. The van der Waals surface area contributed by atoms with Gasteiger partial charge in [0.2, 0.25) is 0 Å². The van der Waals surface area contributed by atoms with Crippen LogP contribution in [0.2, 0.25) is 0 Å². The second-order valence-corrected chi connectivity index (χ2v) is 6.91. The van der Waals surface area contributed by atoms with E-state index < -0.39 is 0 Å². The molecule has 0 radical (unpaired) electrons. The van der Waals surface area contributed by atoms with Crippen LogP contribution in [0.5, 0.6) is 0 Å². The molecule has 4 rings (SSSR count). The van der Waals surface area contributed by atoms with Crippen molar-refractivity contribution in [1.82, 2.24) is 19.2 Å². The van der Waals surface area contributed by atoms with Crippen LogP contribution in [0.15, 0.2) is 79.1 Å². The molecule has 0 fully saturated rings. The molecule has 0 saturated heterocycles. The fourth-order valence-electron chi connectivity index (χ4n) is 3.36. The van der Waals surface area contributed by atoms with Gasteiger partial charge in [-0.15, -0.1) is 0 Å². The highest BCUT2D eigenvalue weighted by molar-refractivity contribution is 5.98. The number of benzene rings is 2. The fraction of sp³-hybridized carbons (Fsp3) is 0.130. The average Bonchev–Trinajstić information content (AvgIpc) is 3.36. The molecule has 1 amide bonds. The lowest BCUT2D eigenvalue weighted by Crippen LogP contribution is -2.27. The van der Waals surface area contributed by atoms with Gasteiger partial charge in [0.1, 0.15) is 11.4 Å². The first-order chi connectivity index (χ1) is 14.0. The summed E-state index contributed by atoms with van der Waals surface area (Å²) in [6, 6.07) is 19.7. The predicted molar refractivity (Wildman–Crippen MR) is 110 cm³/mol. The summed E-state index contributed by atoms with van der Waals surface area (Å²) in [5.41, 5.74) is 2.87. The highest BCUT2D eigenvalue weighted by atomic mass is 19.1. The Bertz CT molecular complexity index is 1120. The van der Waals surface area contributed by atoms with E-state index >= 15 is 0 Å². The standard InChI is InChI=1S/C23H21FN4O/c1-17-21(23(29)26(2)16-18-8-4-3-5-9-18)22(27-14-6-7-15-27)28(25-17)20-12-10-19(24)11-13-20/h3-15H,16H2,1-2H3. The third-order valence-electron chi connectivity index (χ3n) is 4.78. The van der Waals surface area contributed by atoms with Gasteiger partial charge >= 0.3 is 0 Å². The SMILES string of the molecule is Cc1nn(-c2ccc(F)cc2)c(-n2cccc2)c1C(=O)N(C)Cc1ccccc1. The van der Waals surface area contributed by atoms with E-state index in [1.807, 2.05) is 66.3 Å². The number of amides is 1. The molecule has 0 aliphatic carbocycles. The van der Waals surface area contributed by atoms with Crippen molar-refractivity contribution in [1.29, 1.82) is 0 Å². The minimum Gasteiger partial charge on any atom is -0.337 e. The fourth-order valence-corrected chi connectivity index (χ4v) is 3.36. The van der Waals surface area contributed by atoms with Gasteiger partial charge in [0, 0.05) is 26.0 Å². The molecule has 5 nitrogen and oxygen atoms in total. The Kier molecular flexibility index (Phi) is 4.99. The van der Waals surface area contributed by atoms with E-state index in [2.05, 4.69) is 5.10 Å². The van der Waals surface area contributed by atoms with Gasteiger partial charge in [0.15, 0.2) is 5.82 Å². The summed E-state index contributed by atoms with van der Waals surface area (Å²) in [6.45, 7) is 2.31. The van der Waals surface area contributed by atoms with E-state index in [1.165, 1.54) is 12.1 Å². The molecular formula is C23H21FN4O. The van der Waals surface area contributed by atoms with Gasteiger partial charge < -0.3 is 9.47 Å². The van der Waals surface area contributed by atoms with Crippen LogP contribution in [0.25, 0.3) is 11.5 Å². The summed E-state index contributed by atoms with van der Waals surface area (Å²) in [5, 5.41) is 4.60. The maximum atomic E-state index is 13.4. The monoisotopic (exact) mass is 388 g/mol. The van der Waals surface area contributed by atoms with Crippen molar-refractivity contribution < 1.29 is 9.18 Å². The van der Waals surface area contributed by atoms with Crippen molar-refractivity contribution in [2.45, 2.75) is 13.5 Å². The summed E-state index contributed by atoms with van der Waals surface area (Å²) in [4.78, 5) is 15.1. The summed E-state index contributed by atoms with van der Waals surface area (Å²) in [7, 11) is 1.78. The summed E-state index contributed by atoms with van der Waals surface area (Å²) in [5.74, 6) is 0.187. The number of hydrogen-bond acceptors (Lipinski definition) is 2. The minimum absolute atomic E-state index is 0.122. The first-order valence-electron chi connectivity index (χ1n) is 9.33. The zero-order valence-electron chi connectivity index (χ0n) is 16.3. The maximum absolute atomic E-state index is 13.4. The topological polar surface area (TPSA) is 43.1 Å². The number of aromatic nitrogens is 3. The second-order valence-electron chi connectivity index (χ2n) is 6.91. The molecule has 2 heterocycles. The molecule has 0 N–H and O–H groups in total. The van der Waals surface area contributed by atoms with E-state index in [9.17, 15) is 9.18 Å². The van der Waals surface area contributed by atoms with Crippen molar-refractivity contribution in [2.24, 2.45) is 0 Å². The Hall–Kier alpha value is -3.67. The van der Waals surface area contributed by atoms with Crippen molar-refractivity contribution in [3.63, 3.8) is 0 Å². The maximum Gasteiger partial charge on any atom is 0.259 e. The van der Waals surface area contributed by atoms with Crippen LogP contribution in [-0.4, -0.2) is 32.2 Å². The predicted octanol–water partition coefficient (Wildman–Crippen LogP) is 4.38. The second kappa shape index (κ2) is 7.75. The first kappa shape index (κ1) is 18.7. The quantitative estimate of drug-likeness (QED) is 0.509. The molecule has 146 valence electrons. The van der Waals surface area contributed by atoms with Gasteiger partial charge in [-0.05, 0) is 48.9 Å². The van der Waals surface area contributed by atoms with Gasteiger partial charge in [0.25, 0.3) is 5.91 Å². The lowest BCUT2D eigenvalue weighted by Gasteiger charge is -2.18. The largest absolute Gasteiger partial charge is 0.337 e. The van der Waals surface area contributed by atoms with Crippen LogP contribution in [0.1, 0.15) is 21.6 Å². The van der Waals surface area contributed by atoms with Crippen LogP contribution >= 0.6 is 0 Å². The zero-order valence-corrected chi connectivity index (χ0v) is 16.3. The molecule has 0 saturated carbocycles.